The fraction of sp³-hybridized carbons (Fsp3) is 0.409. The number of guanidine groups is 1. The topological polar surface area (TPSA) is 71.7 Å². The van der Waals surface area contributed by atoms with Crippen LogP contribution in [0.15, 0.2) is 59.6 Å². The van der Waals surface area contributed by atoms with Gasteiger partial charge in [0.2, 0.25) is 0 Å². The number of ether oxygens (including phenoxy) is 1. The van der Waals surface area contributed by atoms with E-state index in [4.69, 9.17) is 10.5 Å². The van der Waals surface area contributed by atoms with Crippen molar-refractivity contribution in [3.8, 4) is 0 Å². The summed E-state index contributed by atoms with van der Waals surface area (Å²) < 4.78 is 5.59. The van der Waals surface area contributed by atoms with Crippen LogP contribution in [-0.4, -0.2) is 31.3 Å². The van der Waals surface area contributed by atoms with Crippen LogP contribution in [0.5, 0.6) is 0 Å². The summed E-state index contributed by atoms with van der Waals surface area (Å²) >= 11 is 0. The summed E-state index contributed by atoms with van der Waals surface area (Å²) in [5.41, 5.74) is 9.48. The fourth-order valence-corrected chi connectivity index (χ4v) is 3.46. The number of nitrogens with two attached hydrogens (primary N) is 1. The van der Waals surface area contributed by atoms with Crippen LogP contribution < -0.4 is 16.4 Å². The van der Waals surface area contributed by atoms with Crippen molar-refractivity contribution in [1.82, 2.24) is 5.32 Å². The third-order valence-electron chi connectivity index (χ3n) is 5.15. The van der Waals surface area contributed by atoms with Crippen molar-refractivity contribution < 1.29 is 4.74 Å². The van der Waals surface area contributed by atoms with E-state index in [1.807, 2.05) is 18.2 Å². The number of rotatable bonds is 6. The predicted molar refractivity (Wildman–Crippen MR) is 127 cm³/mol. The molecule has 28 heavy (non-hydrogen) atoms. The molecule has 0 aromatic heterocycles. The van der Waals surface area contributed by atoms with Crippen molar-refractivity contribution in [3.05, 3.63) is 65.7 Å². The third-order valence-corrected chi connectivity index (χ3v) is 5.15. The van der Waals surface area contributed by atoms with Crippen molar-refractivity contribution in [1.29, 1.82) is 0 Å². The van der Waals surface area contributed by atoms with Gasteiger partial charge >= 0.3 is 0 Å². The van der Waals surface area contributed by atoms with Gasteiger partial charge in [0.25, 0.3) is 0 Å². The second-order valence-electron chi connectivity index (χ2n) is 7.36. The van der Waals surface area contributed by atoms with Gasteiger partial charge in [0.15, 0.2) is 5.96 Å². The van der Waals surface area contributed by atoms with Gasteiger partial charge < -0.3 is 21.1 Å². The number of nitrogens with one attached hydrogen (secondary N) is 2. The van der Waals surface area contributed by atoms with Gasteiger partial charge in [-0.1, -0.05) is 48.0 Å². The molecule has 2 aromatic rings. The number of anilines is 1. The first-order valence-corrected chi connectivity index (χ1v) is 9.60. The second kappa shape index (κ2) is 10.8. The number of benzene rings is 2. The normalized spacial score (nSPS) is 17.4. The van der Waals surface area contributed by atoms with E-state index in [0.29, 0.717) is 12.5 Å². The molecule has 3 rings (SSSR count). The van der Waals surface area contributed by atoms with Crippen molar-refractivity contribution in [2.45, 2.75) is 38.3 Å². The zero-order chi connectivity index (χ0) is 19.1. The van der Waals surface area contributed by atoms with E-state index < -0.39 is 0 Å². The van der Waals surface area contributed by atoms with Gasteiger partial charge in [-0.05, 0) is 44.4 Å². The molecule has 0 aliphatic carbocycles. The summed E-state index contributed by atoms with van der Waals surface area (Å²) in [6.07, 6.45) is 1.84. The van der Waals surface area contributed by atoms with E-state index >= 15 is 0 Å². The lowest BCUT2D eigenvalue weighted by atomic mass is 9.88. The Morgan fingerprint density at radius 1 is 1.11 bits per heavy atom. The Morgan fingerprint density at radius 3 is 2.39 bits per heavy atom. The molecule has 1 atom stereocenters. The highest BCUT2D eigenvalue weighted by molar-refractivity contribution is 14.0. The van der Waals surface area contributed by atoms with Crippen LogP contribution in [0.2, 0.25) is 0 Å². The highest BCUT2D eigenvalue weighted by Crippen LogP contribution is 2.26. The summed E-state index contributed by atoms with van der Waals surface area (Å²) in [5, 5.41) is 6.98. The van der Waals surface area contributed by atoms with Crippen LogP contribution >= 0.6 is 24.0 Å². The molecule has 1 aliphatic rings. The monoisotopic (exact) mass is 494 g/mol. The quantitative estimate of drug-likeness (QED) is 0.319. The fourth-order valence-electron chi connectivity index (χ4n) is 3.46. The molecule has 6 heteroatoms. The van der Waals surface area contributed by atoms with Gasteiger partial charge in [-0.15, -0.1) is 24.0 Å². The van der Waals surface area contributed by atoms with E-state index in [2.05, 4.69) is 65.9 Å². The summed E-state index contributed by atoms with van der Waals surface area (Å²) in [6.45, 7) is 6.38. The smallest absolute Gasteiger partial charge is 0.193 e. The van der Waals surface area contributed by atoms with Crippen LogP contribution in [0, 0.1) is 6.92 Å². The Bertz CT molecular complexity index is 743. The maximum absolute atomic E-state index is 6.14. The van der Waals surface area contributed by atoms with E-state index in [-0.39, 0.29) is 35.6 Å². The van der Waals surface area contributed by atoms with Gasteiger partial charge in [0.1, 0.15) is 0 Å². The van der Waals surface area contributed by atoms with Crippen molar-refractivity contribution in [3.63, 3.8) is 0 Å². The molecule has 2 aromatic carbocycles. The lowest BCUT2D eigenvalue weighted by Crippen LogP contribution is -2.53. The molecule has 1 unspecified atom stereocenters. The zero-order valence-corrected chi connectivity index (χ0v) is 19.0. The first kappa shape index (κ1) is 22.6. The highest BCUT2D eigenvalue weighted by Gasteiger charge is 2.33. The van der Waals surface area contributed by atoms with Crippen molar-refractivity contribution >= 4 is 35.6 Å². The van der Waals surface area contributed by atoms with Gasteiger partial charge in [-0.3, -0.25) is 4.99 Å². The van der Waals surface area contributed by atoms with Gasteiger partial charge in [-0.25, -0.2) is 0 Å². The molecule has 5 nitrogen and oxygen atoms in total. The second-order valence-corrected chi connectivity index (χ2v) is 7.36. The minimum absolute atomic E-state index is 0. The first-order chi connectivity index (χ1) is 13.1. The number of hydrogen-bond acceptors (Lipinski definition) is 3. The SMILES string of the molecule is Cc1ccc(NC(N)=NCC2(NC(C)c3ccccc3)CCOCC2)cc1.I. The van der Waals surface area contributed by atoms with Crippen LogP contribution in [0.25, 0.3) is 0 Å². The molecule has 4 N–H and O–H groups in total. The molecule has 0 radical (unpaired) electrons. The molecule has 0 amide bonds. The molecule has 0 spiro atoms. The van der Waals surface area contributed by atoms with Gasteiger partial charge in [0.05, 0.1) is 6.54 Å². The minimum atomic E-state index is -0.104. The van der Waals surface area contributed by atoms with Crippen LogP contribution in [-0.2, 0) is 4.74 Å². The average molecular weight is 494 g/mol. The Hall–Kier alpha value is -1.64. The van der Waals surface area contributed by atoms with E-state index in [9.17, 15) is 0 Å². The Labute approximate surface area is 185 Å². The molecule has 0 bridgehead atoms. The minimum Gasteiger partial charge on any atom is -0.381 e. The van der Waals surface area contributed by atoms with Gasteiger partial charge in [-0.2, -0.15) is 0 Å². The number of halogens is 1. The first-order valence-electron chi connectivity index (χ1n) is 9.60. The molecule has 1 saturated heterocycles. The Kier molecular flexibility index (Phi) is 8.72. The Morgan fingerprint density at radius 2 is 1.75 bits per heavy atom. The third kappa shape index (κ3) is 6.46. The van der Waals surface area contributed by atoms with Crippen LogP contribution in [0.3, 0.4) is 0 Å². The molecule has 1 fully saturated rings. The molecule has 1 aliphatic heterocycles. The average Bonchev–Trinajstić information content (AvgIpc) is 2.70. The highest BCUT2D eigenvalue weighted by atomic mass is 127. The van der Waals surface area contributed by atoms with Crippen LogP contribution in [0.1, 0.15) is 36.9 Å². The molecule has 0 saturated carbocycles. The largest absolute Gasteiger partial charge is 0.381 e. The van der Waals surface area contributed by atoms with E-state index in [0.717, 1.165) is 31.7 Å². The lowest BCUT2D eigenvalue weighted by Gasteiger charge is -2.39. The number of aryl methyl sites for hydroxylation is 1. The molecular weight excluding hydrogens is 463 g/mol. The summed E-state index contributed by atoms with van der Waals surface area (Å²) in [5.74, 6) is 0.443. The maximum atomic E-state index is 6.14. The lowest BCUT2D eigenvalue weighted by molar-refractivity contribution is 0.0375. The van der Waals surface area contributed by atoms with E-state index in [1.165, 1.54) is 11.1 Å². The maximum Gasteiger partial charge on any atom is 0.193 e. The van der Waals surface area contributed by atoms with Crippen LogP contribution in [0.4, 0.5) is 5.69 Å². The zero-order valence-electron chi connectivity index (χ0n) is 16.7. The van der Waals surface area contributed by atoms with Crippen molar-refractivity contribution in [2.75, 3.05) is 25.1 Å². The van der Waals surface area contributed by atoms with Gasteiger partial charge in [0, 0.05) is 30.5 Å². The number of nitrogens with zero attached hydrogens (tertiary/aromatic N) is 1. The predicted octanol–water partition coefficient (Wildman–Crippen LogP) is 4.24. The Balaban J connectivity index is 0.00000280. The molecular formula is C22H31IN4O. The van der Waals surface area contributed by atoms with Crippen molar-refractivity contribution in [2.24, 2.45) is 10.7 Å². The number of hydrogen-bond donors (Lipinski definition) is 3. The number of aliphatic imine (C=N–C) groups is 1. The molecule has 152 valence electrons. The standard InChI is InChI=1S/C22H30N4O.HI/c1-17-8-10-20(11-9-17)25-21(23)24-16-22(12-14-27-15-13-22)26-18(2)19-6-4-3-5-7-19;/h3-11,18,26H,12-16H2,1-2H3,(H3,23,24,25);1H. The summed E-state index contributed by atoms with van der Waals surface area (Å²) in [7, 11) is 0. The summed E-state index contributed by atoms with van der Waals surface area (Å²) in [6, 6.07) is 18.9. The molecule has 1 heterocycles. The van der Waals surface area contributed by atoms with E-state index in [1.54, 1.807) is 0 Å². The summed E-state index contributed by atoms with van der Waals surface area (Å²) in [4.78, 5) is 4.65.